The summed E-state index contributed by atoms with van der Waals surface area (Å²) in [5.41, 5.74) is 9.34. The number of pyridine rings is 1. The third kappa shape index (κ3) is 2.03. The van der Waals surface area contributed by atoms with Gasteiger partial charge in [0.15, 0.2) is 0 Å². The second kappa shape index (κ2) is 4.12. The molecule has 0 spiro atoms. The standard InChI is InChI=1S/C16H19N3/c17-14-9-18-15-4-2-1-3-13(15)16(14)19(12-7-8-12)10-11-5-6-11/h1-4,9,11-12H,5-8,10,17H2. The fourth-order valence-corrected chi connectivity index (χ4v) is 2.85. The summed E-state index contributed by atoms with van der Waals surface area (Å²) >= 11 is 0. The highest BCUT2D eigenvalue weighted by molar-refractivity contribution is 5.97. The molecule has 3 heteroatoms. The Morgan fingerprint density at radius 1 is 1.16 bits per heavy atom. The Balaban J connectivity index is 1.84. The molecule has 1 aromatic carbocycles. The smallest absolute Gasteiger partial charge is 0.0745 e. The maximum absolute atomic E-state index is 6.25. The highest BCUT2D eigenvalue weighted by Crippen LogP contribution is 2.42. The van der Waals surface area contributed by atoms with E-state index in [2.05, 4.69) is 28.1 Å². The number of hydrogen-bond acceptors (Lipinski definition) is 3. The Kier molecular flexibility index (Phi) is 2.40. The number of nitrogens with zero attached hydrogens (tertiary/aromatic N) is 2. The SMILES string of the molecule is Nc1cnc2ccccc2c1N(CC1CC1)C1CC1. The van der Waals surface area contributed by atoms with Gasteiger partial charge in [-0.05, 0) is 37.7 Å². The van der Waals surface area contributed by atoms with E-state index in [1.165, 1.54) is 43.3 Å². The molecular formula is C16H19N3. The fraction of sp³-hybridized carbons (Fsp3) is 0.438. The van der Waals surface area contributed by atoms with Crippen LogP contribution in [0.25, 0.3) is 10.9 Å². The molecule has 0 unspecified atom stereocenters. The van der Waals surface area contributed by atoms with Gasteiger partial charge in [-0.25, -0.2) is 0 Å². The minimum absolute atomic E-state index is 0.703. The average Bonchev–Trinajstić information content (AvgIpc) is 3.29. The number of anilines is 2. The molecule has 0 amide bonds. The molecule has 2 aromatic rings. The van der Waals surface area contributed by atoms with E-state index in [-0.39, 0.29) is 0 Å². The summed E-state index contributed by atoms with van der Waals surface area (Å²) in [6.07, 6.45) is 7.20. The normalized spacial score (nSPS) is 18.7. The van der Waals surface area contributed by atoms with Gasteiger partial charge in [0.2, 0.25) is 0 Å². The zero-order valence-corrected chi connectivity index (χ0v) is 11.0. The lowest BCUT2D eigenvalue weighted by molar-refractivity contribution is 0.722. The molecule has 0 radical (unpaired) electrons. The third-order valence-corrected chi connectivity index (χ3v) is 4.20. The van der Waals surface area contributed by atoms with Gasteiger partial charge in [-0.15, -0.1) is 0 Å². The van der Waals surface area contributed by atoms with Crippen LogP contribution in [0.3, 0.4) is 0 Å². The summed E-state index contributed by atoms with van der Waals surface area (Å²) < 4.78 is 0. The Morgan fingerprint density at radius 3 is 2.68 bits per heavy atom. The quantitative estimate of drug-likeness (QED) is 0.909. The predicted octanol–water partition coefficient (Wildman–Crippen LogP) is 3.20. The van der Waals surface area contributed by atoms with E-state index < -0.39 is 0 Å². The van der Waals surface area contributed by atoms with E-state index in [1.54, 1.807) is 0 Å². The van der Waals surface area contributed by atoms with Crippen LogP contribution in [0.2, 0.25) is 0 Å². The molecule has 4 rings (SSSR count). The van der Waals surface area contributed by atoms with Crippen LogP contribution in [-0.2, 0) is 0 Å². The first-order chi connectivity index (χ1) is 9.33. The number of hydrogen-bond donors (Lipinski definition) is 1. The van der Waals surface area contributed by atoms with Crippen molar-refractivity contribution in [1.82, 2.24) is 4.98 Å². The van der Waals surface area contributed by atoms with Crippen molar-refractivity contribution in [1.29, 1.82) is 0 Å². The van der Waals surface area contributed by atoms with Gasteiger partial charge in [-0.3, -0.25) is 4.98 Å². The second-order valence-electron chi connectivity index (χ2n) is 5.91. The second-order valence-corrected chi connectivity index (χ2v) is 5.91. The molecule has 2 aliphatic carbocycles. The van der Waals surface area contributed by atoms with Gasteiger partial charge in [0.05, 0.1) is 23.1 Å². The van der Waals surface area contributed by atoms with Crippen LogP contribution >= 0.6 is 0 Å². The lowest BCUT2D eigenvalue weighted by Crippen LogP contribution is -2.29. The van der Waals surface area contributed by atoms with Crippen LogP contribution in [0.1, 0.15) is 25.7 Å². The Morgan fingerprint density at radius 2 is 1.95 bits per heavy atom. The molecule has 2 N–H and O–H groups in total. The number of fused-ring (bicyclic) bond motifs is 1. The lowest BCUT2D eigenvalue weighted by Gasteiger charge is -2.27. The van der Waals surface area contributed by atoms with E-state index in [4.69, 9.17) is 5.73 Å². The van der Waals surface area contributed by atoms with Crippen molar-refractivity contribution in [2.24, 2.45) is 5.92 Å². The van der Waals surface area contributed by atoms with Crippen LogP contribution in [0.4, 0.5) is 11.4 Å². The molecule has 1 aromatic heterocycles. The summed E-state index contributed by atoms with van der Waals surface area (Å²) in [7, 11) is 0. The molecule has 3 nitrogen and oxygen atoms in total. The number of aromatic nitrogens is 1. The predicted molar refractivity (Wildman–Crippen MR) is 79.2 cm³/mol. The highest BCUT2D eigenvalue weighted by atomic mass is 15.2. The molecule has 2 aliphatic rings. The number of nitrogens with two attached hydrogens (primary N) is 1. The maximum Gasteiger partial charge on any atom is 0.0745 e. The number of nitrogen functional groups attached to an aromatic ring is 1. The van der Waals surface area contributed by atoms with Gasteiger partial charge in [0.25, 0.3) is 0 Å². The van der Waals surface area contributed by atoms with Gasteiger partial charge < -0.3 is 10.6 Å². The molecule has 0 saturated heterocycles. The summed E-state index contributed by atoms with van der Waals surface area (Å²) in [6, 6.07) is 9.04. The monoisotopic (exact) mass is 253 g/mol. The Bertz CT molecular complexity index is 614. The van der Waals surface area contributed by atoms with Crippen molar-refractivity contribution < 1.29 is 0 Å². The minimum Gasteiger partial charge on any atom is -0.396 e. The van der Waals surface area contributed by atoms with Gasteiger partial charge >= 0.3 is 0 Å². The number of benzene rings is 1. The lowest BCUT2D eigenvalue weighted by atomic mass is 10.1. The van der Waals surface area contributed by atoms with E-state index in [1.807, 2.05) is 12.3 Å². The number of rotatable bonds is 4. The summed E-state index contributed by atoms with van der Waals surface area (Å²) in [6.45, 7) is 1.17. The van der Waals surface area contributed by atoms with E-state index in [0.717, 1.165) is 17.1 Å². The molecule has 1 heterocycles. The molecule has 19 heavy (non-hydrogen) atoms. The minimum atomic E-state index is 0.703. The van der Waals surface area contributed by atoms with Crippen LogP contribution < -0.4 is 10.6 Å². The van der Waals surface area contributed by atoms with Crippen molar-refractivity contribution >= 4 is 22.3 Å². The van der Waals surface area contributed by atoms with Crippen LogP contribution in [0.15, 0.2) is 30.5 Å². The van der Waals surface area contributed by atoms with Crippen LogP contribution in [-0.4, -0.2) is 17.6 Å². The van der Waals surface area contributed by atoms with Gasteiger partial charge in [-0.2, -0.15) is 0 Å². The summed E-state index contributed by atoms with van der Waals surface area (Å²) in [5.74, 6) is 0.881. The highest BCUT2D eigenvalue weighted by Gasteiger charge is 2.35. The van der Waals surface area contributed by atoms with E-state index in [0.29, 0.717) is 6.04 Å². The Hall–Kier alpha value is -1.77. The zero-order chi connectivity index (χ0) is 12.8. The van der Waals surface area contributed by atoms with Gasteiger partial charge in [0.1, 0.15) is 0 Å². The van der Waals surface area contributed by atoms with E-state index in [9.17, 15) is 0 Å². The molecule has 0 aliphatic heterocycles. The van der Waals surface area contributed by atoms with Crippen molar-refractivity contribution in [3.8, 4) is 0 Å². The molecule has 98 valence electrons. The van der Waals surface area contributed by atoms with Crippen molar-refractivity contribution in [2.45, 2.75) is 31.7 Å². The average molecular weight is 253 g/mol. The molecule has 0 bridgehead atoms. The van der Waals surface area contributed by atoms with Gasteiger partial charge in [0, 0.05) is 18.0 Å². The van der Waals surface area contributed by atoms with E-state index >= 15 is 0 Å². The molecular weight excluding hydrogens is 234 g/mol. The molecule has 0 atom stereocenters. The molecule has 2 saturated carbocycles. The van der Waals surface area contributed by atoms with Crippen LogP contribution in [0, 0.1) is 5.92 Å². The maximum atomic E-state index is 6.25. The van der Waals surface area contributed by atoms with Crippen molar-refractivity contribution in [3.05, 3.63) is 30.5 Å². The summed E-state index contributed by atoms with van der Waals surface area (Å²) in [5, 5.41) is 1.20. The first-order valence-electron chi connectivity index (χ1n) is 7.23. The fourth-order valence-electron chi connectivity index (χ4n) is 2.85. The van der Waals surface area contributed by atoms with Gasteiger partial charge in [-0.1, -0.05) is 18.2 Å². The first kappa shape index (κ1) is 11.1. The van der Waals surface area contributed by atoms with Crippen LogP contribution in [0.5, 0.6) is 0 Å². The third-order valence-electron chi connectivity index (χ3n) is 4.20. The largest absolute Gasteiger partial charge is 0.396 e. The van der Waals surface area contributed by atoms with Crippen molar-refractivity contribution in [3.63, 3.8) is 0 Å². The topological polar surface area (TPSA) is 42.1 Å². The van der Waals surface area contributed by atoms with Crippen molar-refractivity contribution in [2.75, 3.05) is 17.2 Å². The first-order valence-corrected chi connectivity index (χ1v) is 7.23. The summed E-state index contributed by atoms with van der Waals surface area (Å²) in [4.78, 5) is 7.00. The number of para-hydroxylation sites is 1. The Labute approximate surface area is 113 Å². The zero-order valence-electron chi connectivity index (χ0n) is 11.0. The molecule has 2 fully saturated rings.